The van der Waals surface area contributed by atoms with E-state index in [0.29, 0.717) is 0 Å². The zero-order valence-electron chi connectivity index (χ0n) is 18.6. The van der Waals surface area contributed by atoms with Crippen LogP contribution in [0.2, 0.25) is 0 Å². The molecule has 7 heteroatoms. The Hall–Kier alpha value is -3.80. The maximum Gasteiger partial charge on any atom is 0.155 e. The van der Waals surface area contributed by atoms with E-state index in [1.165, 1.54) is 19.9 Å². The number of nitrogens with zero attached hydrogens (tertiary/aromatic N) is 4. The molecule has 0 bridgehead atoms. The average Bonchev–Trinajstić information content (AvgIpc) is 2.83. The molecule has 171 valence electrons. The Kier molecular flexibility index (Phi) is 8.30. The van der Waals surface area contributed by atoms with Gasteiger partial charge in [-0.1, -0.05) is 29.8 Å². The summed E-state index contributed by atoms with van der Waals surface area (Å²) in [6.07, 6.45) is 4.74. The van der Waals surface area contributed by atoms with E-state index in [-0.39, 0.29) is 31.6 Å². The second-order valence-electron chi connectivity index (χ2n) is 7.38. The van der Waals surface area contributed by atoms with Crippen LogP contribution >= 0.6 is 0 Å². The van der Waals surface area contributed by atoms with E-state index in [9.17, 15) is 4.79 Å². The minimum atomic E-state index is -0.125. The summed E-state index contributed by atoms with van der Waals surface area (Å²) in [6.45, 7) is 2.85. The standard InChI is InChI=1S/C22H13N4.C5H8O2.Ir/c1-3-7-19-17(5-1)23-13-21(25-19)15-9-11-16(12-10-15)22-14-24-18-6-2-4-8-20(18)26-22;1-4(6)3-5(2)7;/h1-11,13-14H;3,6H,1-2H3;/q-1;;/b;4-3-;. The summed E-state index contributed by atoms with van der Waals surface area (Å²) in [5, 5.41) is 8.36. The Morgan fingerprint density at radius 2 is 1.32 bits per heavy atom. The van der Waals surface area contributed by atoms with Crippen LogP contribution in [0.3, 0.4) is 0 Å². The fourth-order valence-corrected chi connectivity index (χ4v) is 3.22. The summed E-state index contributed by atoms with van der Waals surface area (Å²) < 4.78 is 0. The van der Waals surface area contributed by atoms with Gasteiger partial charge in [-0.2, -0.15) is 0 Å². The fraction of sp³-hybridized carbons (Fsp3) is 0.0741. The van der Waals surface area contributed by atoms with Crippen LogP contribution in [0.1, 0.15) is 13.8 Å². The summed E-state index contributed by atoms with van der Waals surface area (Å²) in [5.74, 6) is -0.0625. The van der Waals surface area contributed by atoms with Gasteiger partial charge in [0.25, 0.3) is 0 Å². The van der Waals surface area contributed by atoms with Gasteiger partial charge in [-0.25, -0.2) is 0 Å². The first-order valence-electron chi connectivity index (χ1n) is 10.3. The van der Waals surface area contributed by atoms with Crippen molar-refractivity contribution in [1.82, 2.24) is 19.9 Å². The van der Waals surface area contributed by atoms with Gasteiger partial charge in [-0.05, 0) is 38.1 Å². The molecular weight excluding hydrogens is 605 g/mol. The molecule has 0 aliphatic heterocycles. The second kappa shape index (κ2) is 11.4. The van der Waals surface area contributed by atoms with E-state index in [1.54, 1.807) is 12.4 Å². The number of para-hydroxylation sites is 4. The number of aromatic nitrogens is 4. The molecule has 0 saturated heterocycles. The summed E-state index contributed by atoms with van der Waals surface area (Å²) in [6, 6.07) is 24.9. The zero-order chi connectivity index (χ0) is 23.2. The van der Waals surface area contributed by atoms with Crippen molar-refractivity contribution in [2.24, 2.45) is 0 Å². The van der Waals surface area contributed by atoms with Crippen LogP contribution in [0.4, 0.5) is 0 Å². The predicted octanol–water partition coefficient (Wildman–Crippen LogP) is 5.74. The van der Waals surface area contributed by atoms with Crippen molar-refractivity contribution >= 4 is 27.9 Å². The maximum atomic E-state index is 10.0. The Balaban J connectivity index is 0.000000357. The van der Waals surface area contributed by atoms with Gasteiger partial charge >= 0.3 is 0 Å². The molecule has 6 nitrogen and oxygen atoms in total. The van der Waals surface area contributed by atoms with Crippen molar-refractivity contribution in [3.8, 4) is 22.5 Å². The van der Waals surface area contributed by atoms with Crippen LogP contribution in [0.5, 0.6) is 0 Å². The number of benzene rings is 3. The number of carbonyl (C=O) groups excluding carboxylic acids is 1. The van der Waals surface area contributed by atoms with Crippen LogP contribution in [-0.4, -0.2) is 30.8 Å². The molecule has 1 N–H and O–H groups in total. The molecule has 5 aromatic rings. The molecule has 5 rings (SSSR count). The third-order valence-corrected chi connectivity index (χ3v) is 4.69. The molecule has 2 aromatic heterocycles. The first-order chi connectivity index (χ1) is 16.0. The summed E-state index contributed by atoms with van der Waals surface area (Å²) in [7, 11) is 0. The van der Waals surface area contributed by atoms with Crippen molar-refractivity contribution in [3.63, 3.8) is 0 Å². The van der Waals surface area contributed by atoms with E-state index >= 15 is 0 Å². The number of aliphatic hydroxyl groups is 1. The number of allylic oxidation sites excluding steroid dienone is 2. The number of rotatable bonds is 3. The van der Waals surface area contributed by atoms with E-state index in [1.807, 2.05) is 66.7 Å². The largest absolute Gasteiger partial charge is 0.512 e. The minimum Gasteiger partial charge on any atom is -0.512 e. The maximum absolute atomic E-state index is 10.0. The third kappa shape index (κ3) is 6.16. The first kappa shape index (κ1) is 24.8. The van der Waals surface area contributed by atoms with Crippen LogP contribution in [-0.2, 0) is 24.9 Å². The fourth-order valence-electron chi connectivity index (χ4n) is 3.22. The molecule has 0 amide bonds. The number of aliphatic hydroxyl groups excluding tert-OH is 1. The van der Waals surface area contributed by atoms with Gasteiger partial charge in [0.05, 0.1) is 27.8 Å². The summed E-state index contributed by atoms with van der Waals surface area (Å²) >= 11 is 0. The Morgan fingerprint density at radius 3 is 1.79 bits per heavy atom. The van der Waals surface area contributed by atoms with E-state index in [2.05, 4.69) is 26.0 Å². The van der Waals surface area contributed by atoms with Gasteiger partial charge in [0, 0.05) is 50.0 Å². The Bertz CT molecular complexity index is 1360. The monoisotopic (exact) mass is 626 g/mol. The third-order valence-electron chi connectivity index (χ3n) is 4.69. The Morgan fingerprint density at radius 1 is 0.794 bits per heavy atom. The molecule has 3 aromatic carbocycles. The smallest absolute Gasteiger partial charge is 0.155 e. The van der Waals surface area contributed by atoms with Crippen LogP contribution in [0.15, 0.2) is 91.0 Å². The summed E-state index contributed by atoms with van der Waals surface area (Å²) in [4.78, 5) is 28.3. The molecule has 1 radical (unpaired) electrons. The molecule has 0 atom stereocenters. The van der Waals surface area contributed by atoms with Crippen LogP contribution in [0.25, 0.3) is 44.6 Å². The number of hydrogen-bond donors (Lipinski definition) is 1. The van der Waals surface area contributed by atoms with E-state index < -0.39 is 0 Å². The van der Waals surface area contributed by atoms with Crippen molar-refractivity contribution in [2.45, 2.75) is 13.8 Å². The van der Waals surface area contributed by atoms with Crippen molar-refractivity contribution in [1.29, 1.82) is 0 Å². The molecular formula is C27H21IrN4O2-. The van der Waals surface area contributed by atoms with Gasteiger partial charge in [-0.15, -0.1) is 29.8 Å². The van der Waals surface area contributed by atoms with Gasteiger partial charge < -0.3 is 5.11 Å². The molecule has 0 aliphatic carbocycles. The number of hydrogen-bond acceptors (Lipinski definition) is 6. The topological polar surface area (TPSA) is 88.9 Å². The van der Waals surface area contributed by atoms with E-state index in [0.717, 1.165) is 44.6 Å². The van der Waals surface area contributed by atoms with Crippen LogP contribution < -0.4 is 0 Å². The van der Waals surface area contributed by atoms with Gasteiger partial charge in [-0.3, -0.25) is 24.7 Å². The van der Waals surface area contributed by atoms with Gasteiger partial charge in [0.1, 0.15) is 0 Å². The SMILES string of the molecule is CC(=O)/C=C(/C)O.[Ir].[c-]1cc(-c2cnc3ccccc3n2)ccc1-c1cnc2ccccc2n1. The number of fused-ring (bicyclic) bond motifs is 2. The van der Waals surface area contributed by atoms with Crippen molar-refractivity contribution in [3.05, 3.63) is 97.0 Å². The molecule has 0 aliphatic rings. The Labute approximate surface area is 210 Å². The molecule has 0 fully saturated rings. The minimum absolute atomic E-state index is 0. The molecule has 0 spiro atoms. The number of carbonyl (C=O) groups is 1. The van der Waals surface area contributed by atoms with Gasteiger partial charge in [0.15, 0.2) is 5.78 Å². The molecule has 34 heavy (non-hydrogen) atoms. The van der Waals surface area contributed by atoms with Crippen molar-refractivity contribution in [2.75, 3.05) is 0 Å². The quantitative estimate of drug-likeness (QED) is 0.156. The normalized spacial score (nSPS) is 10.8. The summed E-state index contributed by atoms with van der Waals surface area (Å²) in [5.41, 5.74) is 7.05. The van der Waals surface area contributed by atoms with E-state index in [4.69, 9.17) is 5.11 Å². The van der Waals surface area contributed by atoms with Crippen molar-refractivity contribution < 1.29 is 30.0 Å². The predicted molar refractivity (Wildman–Crippen MR) is 129 cm³/mol. The zero-order valence-corrected chi connectivity index (χ0v) is 21.0. The second-order valence-corrected chi connectivity index (χ2v) is 7.38. The molecule has 0 unspecified atom stereocenters. The number of ketones is 1. The average molecular weight is 626 g/mol. The molecule has 2 heterocycles. The van der Waals surface area contributed by atoms with Gasteiger partial charge in [0.2, 0.25) is 0 Å². The van der Waals surface area contributed by atoms with Crippen LogP contribution in [0, 0.1) is 6.07 Å². The first-order valence-corrected chi connectivity index (χ1v) is 10.3. The molecule has 0 saturated carbocycles.